The molecular weight excluding hydrogens is 316 g/mol. The van der Waals surface area contributed by atoms with Gasteiger partial charge in [-0.1, -0.05) is 35.0 Å². The highest BCUT2D eigenvalue weighted by atomic mass is 35.5. The Bertz CT molecular complexity index is 650. The number of halogens is 1. The standard InChI is InChI=1S/C17H21ClN2O3/c1-11-13(12(2)23-20-11)8-9-17(21)19-10-16(22-3)14-6-4-5-7-15(14)18/h4-7,16H,8-10H2,1-3H3,(H,19,21). The molecule has 0 saturated carbocycles. The highest BCUT2D eigenvalue weighted by Gasteiger charge is 2.16. The summed E-state index contributed by atoms with van der Waals surface area (Å²) in [5.74, 6) is 0.722. The van der Waals surface area contributed by atoms with E-state index in [1.165, 1.54) is 0 Å². The first-order valence-electron chi connectivity index (χ1n) is 7.48. The van der Waals surface area contributed by atoms with Crippen LogP contribution in [0.4, 0.5) is 0 Å². The molecule has 0 saturated heterocycles. The van der Waals surface area contributed by atoms with Crippen LogP contribution in [0.1, 0.15) is 35.1 Å². The molecule has 2 aromatic rings. The summed E-state index contributed by atoms with van der Waals surface area (Å²) < 4.78 is 10.5. The molecule has 124 valence electrons. The van der Waals surface area contributed by atoms with Crippen LogP contribution in [-0.2, 0) is 16.0 Å². The second kappa shape index (κ2) is 8.13. The third-order valence-electron chi connectivity index (χ3n) is 3.80. The van der Waals surface area contributed by atoms with Crippen LogP contribution in [0.15, 0.2) is 28.8 Å². The van der Waals surface area contributed by atoms with Gasteiger partial charge in [0.05, 0.1) is 5.69 Å². The van der Waals surface area contributed by atoms with Crippen LogP contribution in [0, 0.1) is 13.8 Å². The summed E-state index contributed by atoms with van der Waals surface area (Å²) in [6.07, 6.45) is 0.713. The first-order valence-corrected chi connectivity index (χ1v) is 7.86. The van der Waals surface area contributed by atoms with Crippen molar-refractivity contribution in [2.24, 2.45) is 0 Å². The molecule has 1 amide bonds. The van der Waals surface area contributed by atoms with E-state index in [2.05, 4.69) is 10.5 Å². The van der Waals surface area contributed by atoms with Gasteiger partial charge >= 0.3 is 0 Å². The van der Waals surface area contributed by atoms with E-state index in [0.717, 1.165) is 22.6 Å². The molecule has 0 fully saturated rings. The SMILES string of the molecule is COC(CNC(=O)CCc1c(C)noc1C)c1ccccc1Cl. The van der Waals surface area contributed by atoms with Crippen LogP contribution in [-0.4, -0.2) is 24.7 Å². The largest absolute Gasteiger partial charge is 0.375 e. The average Bonchev–Trinajstić information content (AvgIpc) is 2.86. The van der Waals surface area contributed by atoms with Gasteiger partial charge in [0.15, 0.2) is 0 Å². The molecule has 0 radical (unpaired) electrons. The lowest BCUT2D eigenvalue weighted by atomic mass is 10.1. The Labute approximate surface area is 141 Å². The number of hydrogen-bond donors (Lipinski definition) is 1. The number of hydrogen-bond acceptors (Lipinski definition) is 4. The normalized spacial score (nSPS) is 12.2. The summed E-state index contributed by atoms with van der Waals surface area (Å²) in [6.45, 7) is 4.11. The molecule has 6 heteroatoms. The van der Waals surface area contributed by atoms with Crippen molar-refractivity contribution in [2.45, 2.75) is 32.8 Å². The van der Waals surface area contributed by atoms with Gasteiger partial charge in [-0.15, -0.1) is 0 Å². The maximum absolute atomic E-state index is 12.0. The summed E-state index contributed by atoms with van der Waals surface area (Å²) in [6, 6.07) is 7.46. The first kappa shape index (κ1) is 17.5. The van der Waals surface area contributed by atoms with Crippen LogP contribution in [0.3, 0.4) is 0 Å². The number of methoxy groups -OCH3 is 1. The predicted octanol–water partition coefficient (Wildman–Crippen LogP) is 3.38. The van der Waals surface area contributed by atoms with Crippen LogP contribution < -0.4 is 5.32 Å². The fourth-order valence-corrected chi connectivity index (χ4v) is 2.71. The number of nitrogens with one attached hydrogen (secondary N) is 1. The maximum atomic E-state index is 12.0. The Morgan fingerprint density at radius 2 is 2.13 bits per heavy atom. The fourth-order valence-electron chi connectivity index (χ4n) is 2.45. The smallest absolute Gasteiger partial charge is 0.220 e. The topological polar surface area (TPSA) is 64.4 Å². The molecule has 2 rings (SSSR count). The molecule has 0 spiro atoms. The molecular formula is C17H21ClN2O3. The lowest BCUT2D eigenvalue weighted by Crippen LogP contribution is -2.29. The second-order valence-corrected chi connectivity index (χ2v) is 5.76. The average molecular weight is 337 g/mol. The van der Waals surface area contributed by atoms with E-state index in [-0.39, 0.29) is 12.0 Å². The van der Waals surface area contributed by atoms with E-state index in [1.54, 1.807) is 7.11 Å². The van der Waals surface area contributed by atoms with Gasteiger partial charge in [0, 0.05) is 36.2 Å². The van der Waals surface area contributed by atoms with Crippen LogP contribution in [0.5, 0.6) is 0 Å². The minimum atomic E-state index is -0.272. The molecule has 1 aromatic carbocycles. The number of rotatable bonds is 7. The van der Waals surface area contributed by atoms with Crippen molar-refractivity contribution in [1.82, 2.24) is 10.5 Å². The number of aromatic nitrogens is 1. The van der Waals surface area contributed by atoms with Gasteiger partial charge in [-0.3, -0.25) is 4.79 Å². The molecule has 1 N–H and O–H groups in total. The molecule has 0 aliphatic heterocycles. The minimum absolute atomic E-state index is 0.0425. The van der Waals surface area contributed by atoms with E-state index < -0.39 is 0 Å². The predicted molar refractivity (Wildman–Crippen MR) is 88.5 cm³/mol. The zero-order valence-electron chi connectivity index (χ0n) is 13.6. The van der Waals surface area contributed by atoms with Gasteiger partial charge in [0.1, 0.15) is 11.9 Å². The zero-order chi connectivity index (χ0) is 16.8. The van der Waals surface area contributed by atoms with Crippen LogP contribution in [0.25, 0.3) is 0 Å². The van der Waals surface area contributed by atoms with Gasteiger partial charge in [-0.25, -0.2) is 0 Å². The lowest BCUT2D eigenvalue weighted by molar-refractivity contribution is -0.121. The monoisotopic (exact) mass is 336 g/mol. The summed E-state index contributed by atoms with van der Waals surface area (Å²) >= 11 is 6.17. The number of amides is 1. The lowest BCUT2D eigenvalue weighted by Gasteiger charge is -2.17. The van der Waals surface area contributed by atoms with E-state index in [0.29, 0.717) is 24.4 Å². The fraction of sp³-hybridized carbons (Fsp3) is 0.412. The number of ether oxygens (including phenoxy) is 1. The van der Waals surface area contributed by atoms with Crippen LogP contribution >= 0.6 is 11.6 Å². The van der Waals surface area contributed by atoms with Crippen molar-refractivity contribution in [3.8, 4) is 0 Å². The van der Waals surface area contributed by atoms with Gasteiger partial charge in [-0.05, 0) is 26.3 Å². The van der Waals surface area contributed by atoms with Crippen LogP contribution in [0.2, 0.25) is 5.02 Å². The number of aryl methyl sites for hydroxylation is 2. The highest BCUT2D eigenvalue weighted by molar-refractivity contribution is 6.31. The van der Waals surface area contributed by atoms with Gasteiger partial charge in [-0.2, -0.15) is 0 Å². The number of carbonyl (C=O) groups is 1. The summed E-state index contributed by atoms with van der Waals surface area (Å²) in [7, 11) is 1.60. The molecule has 1 aromatic heterocycles. The summed E-state index contributed by atoms with van der Waals surface area (Å²) in [4.78, 5) is 12.0. The molecule has 23 heavy (non-hydrogen) atoms. The van der Waals surface area contributed by atoms with E-state index in [1.807, 2.05) is 38.1 Å². The number of benzene rings is 1. The highest BCUT2D eigenvalue weighted by Crippen LogP contribution is 2.24. The van der Waals surface area contributed by atoms with Crippen molar-refractivity contribution in [2.75, 3.05) is 13.7 Å². The molecule has 1 unspecified atom stereocenters. The van der Waals surface area contributed by atoms with E-state index >= 15 is 0 Å². The Balaban J connectivity index is 1.87. The van der Waals surface area contributed by atoms with E-state index in [9.17, 15) is 4.79 Å². The zero-order valence-corrected chi connectivity index (χ0v) is 14.3. The molecule has 0 aliphatic rings. The van der Waals surface area contributed by atoms with Crippen molar-refractivity contribution < 1.29 is 14.1 Å². The minimum Gasteiger partial charge on any atom is -0.375 e. The Morgan fingerprint density at radius 1 is 1.39 bits per heavy atom. The third-order valence-corrected chi connectivity index (χ3v) is 4.15. The Kier molecular flexibility index (Phi) is 6.19. The second-order valence-electron chi connectivity index (χ2n) is 5.35. The molecule has 1 atom stereocenters. The molecule has 5 nitrogen and oxygen atoms in total. The van der Waals surface area contributed by atoms with Gasteiger partial charge in [0.2, 0.25) is 5.91 Å². The van der Waals surface area contributed by atoms with Crippen molar-refractivity contribution in [3.05, 3.63) is 51.9 Å². The number of nitrogens with zero attached hydrogens (tertiary/aromatic N) is 1. The Hall–Kier alpha value is -1.85. The Morgan fingerprint density at radius 3 is 2.74 bits per heavy atom. The van der Waals surface area contributed by atoms with Crippen molar-refractivity contribution in [1.29, 1.82) is 0 Å². The maximum Gasteiger partial charge on any atom is 0.220 e. The number of carbonyl (C=O) groups excluding carboxylic acids is 1. The van der Waals surface area contributed by atoms with E-state index in [4.69, 9.17) is 20.9 Å². The molecule has 0 bridgehead atoms. The van der Waals surface area contributed by atoms with Crippen molar-refractivity contribution in [3.63, 3.8) is 0 Å². The third kappa shape index (κ3) is 4.56. The molecule has 1 heterocycles. The van der Waals surface area contributed by atoms with Gasteiger partial charge < -0.3 is 14.6 Å². The molecule has 0 aliphatic carbocycles. The van der Waals surface area contributed by atoms with Gasteiger partial charge in [0.25, 0.3) is 0 Å². The quantitative estimate of drug-likeness (QED) is 0.841. The summed E-state index contributed by atoms with van der Waals surface area (Å²) in [5, 5.41) is 7.41. The van der Waals surface area contributed by atoms with Crippen molar-refractivity contribution >= 4 is 17.5 Å². The summed E-state index contributed by atoms with van der Waals surface area (Å²) in [5.41, 5.74) is 2.69. The first-order chi connectivity index (χ1) is 11.0.